The van der Waals surface area contributed by atoms with Crippen molar-refractivity contribution in [2.75, 3.05) is 27.1 Å². The fourth-order valence-electron chi connectivity index (χ4n) is 4.12. The molecule has 0 saturated carbocycles. The number of rotatable bonds is 11. The first kappa shape index (κ1) is 28.9. The highest BCUT2D eigenvalue weighted by Gasteiger charge is 2.39. The third kappa shape index (κ3) is 7.90. The fraction of sp³-hybridized carbons (Fsp3) is 0.483. The summed E-state index contributed by atoms with van der Waals surface area (Å²) >= 11 is 1.24. The molecule has 202 valence electrons. The molecule has 2 aromatic rings. The lowest BCUT2D eigenvalue weighted by atomic mass is 9.86. The number of aliphatic hydroxyl groups is 1. The molecule has 1 aliphatic rings. The monoisotopic (exact) mass is 530 g/mol. The van der Waals surface area contributed by atoms with Crippen molar-refractivity contribution >= 4 is 17.7 Å². The summed E-state index contributed by atoms with van der Waals surface area (Å²) in [5.74, 6) is 0.487. The van der Waals surface area contributed by atoms with Gasteiger partial charge in [0, 0.05) is 18.4 Å². The molecular weight excluding hydrogens is 492 g/mol. The summed E-state index contributed by atoms with van der Waals surface area (Å²) in [7, 11) is 1.57. The van der Waals surface area contributed by atoms with Gasteiger partial charge in [-0.05, 0) is 73.1 Å². The quantitative estimate of drug-likeness (QED) is 0.202. The second kappa shape index (κ2) is 12.2. The molecule has 2 N–H and O–H groups in total. The number of phenolic OH excluding ortho intramolecular Hbond substituents is 1. The van der Waals surface area contributed by atoms with E-state index in [-0.39, 0.29) is 35.0 Å². The number of hydrogen-bond donors (Lipinski definition) is 2. The van der Waals surface area contributed by atoms with Crippen molar-refractivity contribution in [3.63, 3.8) is 0 Å². The normalized spacial score (nSPS) is 18.2. The summed E-state index contributed by atoms with van der Waals surface area (Å²) < 4.78 is 22.0. The molecule has 3 rings (SSSR count). The van der Waals surface area contributed by atoms with Crippen LogP contribution in [-0.2, 0) is 30.8 Å². The maximum atomic E-state index is 13.1. The number of cyclic esters (lactones) is 1. The number of benzene rings is 2. The molecule has 0 amide bonds. The second-order valence-electron chi connectivity index (χ2n) is 10.6. The Morgan fingerprint density at radius 2 is 1.81 bits per heavy atom. The minimum absolute atomic E-state index is 0.0441. The van der Waals surface area contributed by atoms with Crippen LogP contribution in [0.1, 0.15) is 57.2 Å². The predicted octanol–water partition coefficient (Wildman–Crippen LogP) is 6.20. The van der Waals surface area contributed by atoms with Gasteiger partial charge < -0.3 is 29.2 Å². The minimum Gasteiger partial charge on any atom is -0.511 e. The van der Waals surface area contributed by atoms with E-state index < -0.39 is 11.6 Å². The third-order valence-electron chi connectivity index (χ3n) is 6.19. The number of aryl methyl sites for hydroxylation is 2. The molecule has 0 saturated heterocycles. The first-order chi connectivity index (χ1) is 17.4. The van der Waals surface area contributed by atoms with Gasteiger partial charge >= 0.3 is 5.97 Å². The van der Waals surface area contributed by atoms with Crippen LogP contribution in [0.25, 0.3) is 0 Å². The summed E-state index contributed by atoms with van der Waals surface area (Å²) in [5, 5.41) is 20.4. The summed E-state index contributed by atoms with van der Waals surface area (Å²) in [6.45, 7) is 11.1. The van der Waals surface area contributed by atoms with E-state index in [0.29, 0.717) is 26.1 Å². The predicted molar refractivity (Wildman–Crippen MR) is 144 cm³/mol. The fourth-order valence-corrected chi connectivity index (χ4v) is 5.37. The molecule has 8 heteroatoms. The van der Waals surface area contributed by atoms with Gasteiger partial charge in [0.05, 0.1) is 6.61 Å². The Morgan fingerprint density at radius 1 is 1.11 bits per heavy atom. The molecule has 0 aromatic heterocycles. The Labute approximate surface area is 223 Å². The van der Waals surface area contributed by atoms with Crippen molar-refractivity contribution in [3.05, 3.63) is 63.8 Å². The maximum Gasteiger partial charge on any atom is 0.348 e. The number of ether oxygens (including phenoxy) is 4. The van der Waals surface area contributed by atoms with Gasteiger partial charge in [-0.3, -0.25) is 0 Å². The number of hydrogen-bond acceptors (Lipinski definition) is 8. The van der Waals surface area contributed by atoms with Crippen LogP contribution in [-0.4, -0.2) is 48.9 Å². The highest BCUT2D eigenvalue weighted by atomic mass is 32.2. The molecular formula is C29H38O7S. The number of phenols is 1. The number of thioether (sulfide) groups is 1. The van der Waals surface area contributed by atoms with Crippen molar-refractivity contribution in [3.8, 4) is 11.5 Å². The van der Waals surface area contributed by atoms with Crippen LogP contribution < -0.4 is 4.74 Å². The van der Waals surface area contributed by atoms with E-state index in [1.165, 1.54) is 11.8 Å². The Bertz CT molecular complexity index is 1120. The largest absolute Gasteiger partial charge is 0.511 e. The molecule has 1 heterocycles. The van der Waals surface area contributed by atoms with E-state index in [1.54, 1.807) is 19.2 Å². The Kier molecular flexibility index (Phi) is 9.56. The van der Waals surface area contributed by atoms with Gasteiger partial charge in [-0.1, -0.05) is 44.7 Å². The van der Waals surface area contributed by atoms with Gasteiger partial charge in [-0.25, -0.2) is 4.79 Å². The topological polar surface area (TPSA) is 94.5 Å². The second-order valence-corrected chi connectivity index (χ2v) is 11.6. The molecule has 7 nitrogen and oxygen atoms in total. The zero-order valence-corrected chi connectivity index (χ0v) is 23.4. The Hall–Kier alpha value is -2.68. The molecule has 37 heavy (non-hydrogen) atoms. The van der Waals surface area contributed by atoms with E-state index >= 15 is 0 Å². The Morgan fingerprint density at radius 3 is 2.43 bits per heavy atom. The molecule has 1 unspecified atom stereocenters. The molecule has 0 aliphatic carbocycles. The van der Waals surface area contributed by atoms with E-state index in [4.69, 9.17) is 18.9 Å². The molecule has 2 aromatic carbocycles. The smallest absolute Gasteiger partial charge is 0.348 e. The van der Waals surface area contributed by atoms with E-state index in [2.05, 4.69) is 20.8 Å². The summed E-state index contributed by atoms with van der Waals surface area (Å²) in [4.78, 5) is 14.2. The van der Waals surface area contributed by atoms with Crippen LogP contribution >= 0.6 is 11.8 Å². The van der Waals surface area contributed by atoms with Gasteiger partial charge in [-0.15, -0.1) is 0 Å². The van der Waals surface area contributed by atoms with Gasteiger partial charge in [0.1, 0.15) is 41.2 Å². The van der Waals surface area contributed by atoms with Crippen molar-refractivity contribution in [1.82, 2.24) is 0 Å². The van der Waals surface area contributed by atoms with E-state index in [0.717, 1.165) is 27.3 Å². The molecule has 1 aliphatic heterocycles. The van der Waals surface area contributed by atoms with Crippen LogP contribution in [0.4, 0.5) is 0 Å². The summed E-state index contributed by atoms with van der Waals surface area (Å²) in [6.07, 6.45) is 1.45. The number of methoxy groups -OCH3 is 1. The maximum absolute atomic E-state index is 13.1. The average Bonchev–Trinajstić information content (AvgIpc) is 2.81. The van der Waals surface area contributed by atoms with E-state index in [1.807, 2.05) is 38.1 Å². The molecule has 0 spiro atoms. The number of esters is 1. The van der Waals surface area contributed by atoms with Crippen molar-refractivity contribution in [2.24, 2.45) is 0 Å². The van der Waals surface area contributed by atoms with Gasteiger partial charge in [0.15, 0.2) is 0 Å². The van der Waals surface area contributed by atoms with Crippen LogP contribution in [0.2, 0.25) is 0 Å². The van der Waals surface area contributed by atoms with Gasteiger partial charge in [0.2, 0.25) is 0 Å². The van der Waals surface area contributed by atoms with Crippen molar-refractivity contribution < 1.29 is 34.0 Å². The van der Waals surface area contributed by atoms with Crippen LogP contribution in [0, 0.1) is 6.92 Å². The van der Waals surface area contributed by atoms with Gasteiger partial charge in [0.25, 0.3) is 0 Å². The average molecular weight is 531 g/mol. The number of aromatic hydroxyl groups is 1. The number of aliphatic hydroxyl groups excluding tert-OH is 1. The number of carbonyl (C=O) groups excluding carboxylic acids is 1. The van der Waals surface area contributed by atoms with E-state index in [9.17, 15) is 15.0 Å². The first-order valence-electron chi connectivity index (χ1n) is 12.4. The first-order valence-corrected chi connectivity index (χ1v) is 13.2. The Balaban J connectivity index is 1.77. The highest BCUT2D eigenvalue weighted by Crippen LogP contribution is 2.44. The summed E-state index contributed by atoms with van der Waals surface area (Å²) in [5.41, 5.74) is 1.91. The molecule has 0 bridgehead atoms. The zero-order valence-electron chi connectivity index (χ0n) is 22.6. The van der Waals surface area contributed by atoms with Crippen molar-refractivity contribution in [1.29, 1.82) is 0 Å². The highest BCUT2D eigenvalue weighted by molar-refractivity contribution is 8.04. The van der Waals surface area contributed by atoms with Gasteiger partial charge in [-0.2, -0.15) is 0 Å². The third-order valence-corrected chi connectivity index (χ3v) is 7.35. The standard InChI is InChI=1S/C29H38O7S/c1-19-15-25(22(28(2,3)4)16-24(19)35-14-13-34-18-33-6)37-26-23(31)17-29(5,36-27(26)32)12-11-20-7-9-21(30)10-8-20/h7-10,15-16,30-31H,11-14,17-18H2,1-6H3. The molecule has 0 fully saturated rings. The lowest BCUT2D eigenvalue weighted by Crippen LogP contribution is -2.37. The number of carbonyl (C=O) groups is 1. The lowest BCUT2D eigenvalue weighted by molar-refractivity contribution is -0.156. The summed E-state index contributed by atoms with van der Waals surface area (Å²) in [6, 6.07) is 11.0. The molecule has 0 radical (unpaired) electrons. The lowest BCUT2D eigenvalue weighted by Gasteiger charge is -2.34. The van der Waals surface area contributed by atoms with Crippen molar-refractivity contribution in [2.45, 2.75) is 69.8 Å². The van der Waals surface area contributed by atoms with Crippen LogP contribution in [0.15, 0.2) is 52.0 Å². The SMILES string of the molecule is COCOCCOc1cc(C(C)(C)C)c(SC2=C(O)CC(C)(CCc3ccc(O)cc3)OC2=O)cc1C. The van der Waals surface area contributed by atoms with Crippen LogP contribution in [0.5, 0.6) is 11.5 Å². The minimum atomic E-state index is -0.811. The molecule has 1 atom stereocenters. The van der Waals surface area contributed by atoms with Crippen LogP contribution in [0.3, 0.4) is 0 Å². The zero-order chi connectivity index (χ0) is 27.2.